The second-order valence-corrected chi connectivity index (χ2v) is 8.24. The Hall–Kier alpha value is -2.87. The maximum Gasteiger partial charge on any atom is 0.233 e. The summed E-state index contributed by atoms with van der Waals surface area (Å²) in [6, 6.07) is 11.8. The maximum absolute atomic E-state index is 12.8. The number of piperidine rings is 1. The number of nitrogens with zero attached hydrogens (tertiary/aromatic N) is 5. The lowest BCUT2D eigenvalue weighted by Gasteiger charge is -2.33. The molecule has 1 fully saturated rings. The minimum atomic E-state index is 0.152. The Kier molecular flexibility index (Phi) is 6.32. The Labute approximate surface area is 180 Å². The molecule has 7 nitrogen and oxygen atoms in total. The molecule has 0 saturated carbocycles. The molecular weight excluding hydrogens is 398 g/mol. The summed E-state index contributed by atoms with van der Waals surface area (Å²) in [6.07, 6.45) is 6.83. The van der Waals surface area contributed by atoms with E-state index >= 15 is 0 Å². The number of thioether (sulfide) groups is 1. The molecule has 1 atom stereocenters. The average molecular weight is 424 g/mol. The van der Waals surface area contributed by atoms with Gasteiger partial charge in [0.05, 0.1) is 12.9 Å². The van der Waals surface area contributed by atoms with Crippen molar-refractivity contribution in [3.8, 4) is 22.8 Å². The number of ether oxygens (including phenoxy) is 1. The van der Waals surface area contributed by atoms with Crippen molar-refractivity contribution in [2.75, 3.05) is 19.4 Å². The number of benzene rings is 1. The number of pyridine rings is 1. The Bertz CT molecular complexity index is 991. The van der Waals surface area contributed by atoms with E-state index in [9.17, 15) is 4.79 Å². The minimum absolute atomic E-state index is 0.152. The molecule has 2 aromatic heterocycles. The number of carbonyl (C=O) groups excluding carboxylic acids is 1. The second kappa shape index (κ2) is 9.30. The van der Waals surface area contributed by atoms with Gasteiger partial charge in [-0.05, 0) is 62.6 Å². The van der Waals surface area contributed by atoms with Crippen molar-refractivity contribution in [3.05, 3.63) is 48.8 Å². The fourth-order valence-corrected chi connectivity index (χ4v) is 4.53. The van der Waals surface area contributed by atoms with Gasteiger partial charge < -0.3 is 9.64 Å². The third-order valence-corrected chi connectivity index (χ3v) is 6.25. The number of aromatic nitrogens is 4. The highest BCUT2D eigenvalue weighted by atomic mass is 32.2. The molecule has 3 aromatic rings. The minimum Gasteiger partial charge on any atom is -0.497 e. The van der Waals surface area contributed by atoms with Crippen LogP contribution >= 0.6 is 11.8 Å². The van der Waals surface area contributed by atoms with Gasteiger partial charge in [-0.15, -0.1) is 10.2 Å². The summed E-state index contributed by atoms with van der Waals surface area (Å²) >= 11 is 1.42. The summed E-state index contributed by atoms with van der Waals surface area (Å²) in [6.45, 7) is 2.97. The molecule has 30 heavy (non-hydrogen) atoms. The van der Waals surface area contributed by atoms with E-state index in [1.165, 1.54) is 18.2 Å². The monoisotopic (exact) mass is 423 g/mol. The normalized spacial score (nSPS) is 16.5. The third-order valence-electron chi connectivity index (χ3n) is 5.33. The molecule has 0 aliphatic carbocycles. The molecule has 1 aromatic carbocycles. The summed E-state index contributed by atoms with van der Waals surface area (Å²) in [5.41, 5.74) is 1.77. The fourth-order valence-electron chi connectivity index (χ4n) is 3.69. The van der Waals surface area contributed by atoms with Crippen LogP contribution in [-0.2, 0) is 4.79 Å². The van der Waals surface area contributed by atoms with Gasteiger partial charge in [0.25, 0.3) is 0 Å². The van der Waals surface area contributed by atoms with E-state index in [4.69, 9.17) is 4.74 Å². The smallest absolute Gasteiger partial charge is 0.233 e. The number of methoxy groups -OCH3 is 1. The molecule has 0 radical (unpaired) electrons. The van der Waals surface area contributed by atoms with E-state index in [0.29, 0.717) is 22.8 Å². The molecule has 1 saturated heterocycles. The van der Waals surface area contributed by atoms with Gasteiger partial charge >= 0.3 is 0 Å². The Morgan fingerprint density at radius 2 is 2.03 bits per heavy atom. The molecular formula is C22H25N5O2S. The fraction of sp³-hybridized carbons (Fsp3) is 0.364. The largest absolute Gasteiger partial charge is 0.497 e. The molecule has 8 heteroatoms. The van der Waals surface area contributed by atoms with Gasteiger partial charge in [0.15, 0.2) is 11.0 Å². The summed E-state index contributed by atoms with van der Waals surface area (Å²) < 4.78 is 7.25. The van der Waals surface area contributed by atoms with Crippen molar-refractivity contribution in [2.45, 2.75) is 37.4 Å². The molecule has 1 aliphatic rings. The van der Waals surface area contributed by atoms with Crippen LogP contribution in [0.2, 0.25) is 0 Å². The number of amides is 1. The Morgan fingerprint density at radius 1 is 1.20 bits per heavy atom. The maximum atomic E-state index is 12.8. The summed E-state index contributed by atoms with van der Waals surface area (Å²) in [5.74, 6) is 1.96. The van der Waals surface area contributed by atoms with Crippen LogP contribution in [0.15, 0.2) is 53.9 Å². The molecule has 156 valence electrons. The molecule has 1 aliphatic heterocycles. The highest BCUT2D eigenvalue weighted by Crippen LogP contribution is 2.29. The van der Waals surface area contributed by atoms with Crippen LogP contribution < -0.4 is 4.74 Å². The number of carbonyl (C=O) groups is 1. The van der Waals surface area contributed by atoms with E-state index in [0.717, 1.165) is 36.4 Å². The van der Waals surface area contributed by atoms with Gasteiger partial charge in [-0.25, -0.2) is 0 Å². The van der Waals surface area contributed by atoms with Gasteiger partial charge in [0, 0.05) is 36.2 Å². The van der Waals surface area contributed by atoms with Crippen LogP contribution in [0.1, 0.15) is 26.2 Å². The van der Waals surface area contributed by atoms with Gasteiger partial charge in [0.2, 0.25) is 5.91 Å². The van der Waals surface area contributed by atoms with E-state index in [1.807, 2.05) is 45.9 Å². The van der Waals surface area contributed by atoms with Gasteiger partial charge in [-0.3, -0.25) is 14.3 Å². The number of hydrogen-bond acceptors (Lipinski definition) is 6. The Balaban J connectivity index is 1.62. The highest BCUT2D eigenvalue weighted by Gasteiger charge is 2.24. The lowest BCUT2D eigenvalue weighted by Crippen LogP contribution is -2.42. The number of rotatable bonds is 6. The lowest BCUT2D eigenvalue weighted by atomic mass is 10.0. The Morgan fingerprint density at radius 3 is 2.73 bits per heavy atom. The first-order valence-electron chi connectivity index (χ1n) is 10.1. The zero-order valence-electron chi connectivity index (χ0n) is 17.2. The van der Waals surface area contributed by atoms with Crippen LogP contribution in [0.3, 0.4) is 0 Å². The van der Waals surface area contributed by atoms with Crippen LogP contribution in [0.4, 0.5) is 0 Å². The molecule has 0 spiro atoms. The quantitative estimate of drug-likeness (QED) is 0.561. The first kappa shape index (κ1) is 20.4. The van der Waals surface area contributed by atoms with Gasteiger partial charge in [0.1, 0.15) is 5.75 Å². The molecule has 4 rings (SSSR count). The first-order chi connectivity index (χ1) is 14.7. The van der Waals surface area contributed by atoms with E-state index in [1.54, 1.807) is 19.5 Å². The van der Waals surface area contributed by atoms with E-state index < -0.39 is 0 Å². The van der Waals surface area contributed by atoms with Crippen molar-refractivity contribution in [1.29, 1.82) is 0 Å². The number of hydrogen-bond donors (Lipinski definition) is 0. The summed E-state index contributed by atoms with van der Waals surface area (Å²) in [7, 11) is 1.64. The summed E-state index contributed by atoms with van der Waals surface area (Å²) in [4.78, 5) is 19.0. The number of likely N-dealkylation sites (tertiary alicyclic amines) is 1. The van der Waals surface area contributed by atoms with Crippen molar-refractivity contribution in [2.24, 2.45) is 0 Å². The van der Waals surface area contributed by atoms with Crippen molar-refractivity contribution < 1.29 is 9.53 Å². The first-order valence-corrected chi connectivity index (χ1v) is 11.1. The molecule has 1 unspecified atom stereocenters. The lowest BCUT2D eigenvalue weighted by molar-refractivity contribution is -0.131. The van der Waals surface area contributed by atoms with Crippen LogP contribution in [0.25, 0.3) is 17.1 Å². The molecule has 1 amide bonds. The zero-order chi connectivity index (χ0) is 20.9. The second-order valence-electron chi connectivity index (χ2n) is 7.30. The van der Waals surface area contributed by atoms with E-state index in [2.05, 4.69) is 22.1 Å². The topological polar surface area (TPSA) is 73.1 Å². The standard InChI is InChI=1S/C22H25N5O2S/c1-16-6-3-4-13-26(16)20(28)15-30-22-25-24-21(17-7-5-12-23-14-17)27(22)18-8-10-19(29-2)11-9-18/h5,7-12,14,16H,3-4,6,13,15H2,1-2H3. The summed E-state index contributed by atoms with van der Waals surface area (Å²) in [5, 5.41) is 9.48. The molecule has 0 bridgehead atoms. The molecule has 0 N–H and O–H groups in total. The van der Waals surface area contributed by atoms with Crippen LogP contribution in [0, 0.1) is 0 Å². The van der Waals surface area contributed by atoms with E-state index in [-0.39, 0.29) is 5.91 Å². The van der Waals surface area contributed by atoms with Crippen molar-refractivity contribution in [1.82, 2.24) is 24.6 Å². The van der Waals surface area contributed by atoms with Gasteiger partial charge in [-0.1, -0.05) is 11.8 Å². The van der Waals surface area contributed by atoms with Crippen molar-refractivity contribution in [3.63, 3.8) is 0 Å². The van der Waals surface area contributed by atoms with Crippen LogP contribution in [0.5, 0.6) is 5.75 Å². The van der Waals surface area contributed by atoms with Crippen LogP contribution in [-0.4, -0.2) is 56.0 Å². The highest BCUT2D eigenvalue weighted by molar-refractivity contribution is 7.99. The zero-order valence-corrected chi connectivity index (χ0v) is 18.0. The predicted molar refractivity (Wildman–Crippen MR) is 117 cm³/mol. The predicted octanol–water partition coefficient (Wildman–Crippen LogP) is 3.83. The van der Waals surface area contributed by atoms with Crippen molar-refractivity contribution >= 4 is 17.7 Å². The van der Waals surface area contributed by atoms with Gasteiger partial charge in [-0.2, -0.15) is 0 Å². The third kappa shape index (κ3) is 4.33. The molecule has 3 heterocycles. The average Bonchev–Trinajstić information content (AvgIpc) is 3.22. The SMILES string of the molecule is COc1ccc(-n2c(SCC(=O)N3CCCCC3C)nnc2-c2cccnc2)cc1.